The normalized spacial score (nSPS) is 10.3. The molecule has 0 unspecified atom stereocenters. The number of nitrogen functional groups attached to an aromatic ring is 1. The van der Waals surface area contributed by atoms with E-state index in [-0.39, 0.29) is 12.5 Å². The lowest BCUT2D eigenvalue weighted by molar-refractivity contribution is -0.121. The van der Waals surface area contributed by atoms with Gasteiger partial charge in [-0.25, -0.2) is 9.97 Å². The van der Waals surface area contributed by atoms with E-state index in [4.69, 9.17) is 15.2 Å². The van der Waals surface area contributed by atoms with Crippen LogP contribution in [0.2, 0.25) is 0 Å². The number of hydrogen-bond acceptors (Lipinski definition) is 7. The Morgan fingerprint density at radius 2 is 2.10 bits per heavy atom. The van der Waals surface area contributed by atoms with Gasteiger partial charge in [-0.2, -0.15) is 0 Å². The summed E-state index contributed by atoms with van der Waals surface area (Å²) in [5, 5.41) is 5.76. The van der Waals surface area contributed by atoms with Crippen molar-refractivity contribution in [1.82, 2.24) is 15.3 Å². The van der Waals surface area contributed by atoms with Crippen molar-refractivity contribution in [2.75, 3.05) is 45.0 Å². The lowest BCUT2D eigenvalue weighted by Crippen LogP contribution is -2.28. The molecule has 0 aliphatic heterocycles. The zero-order valence-corrected chi connectivity index (χ0v) is 11.8. The minimum atomic E-state index is -0.0475. The maximum Gasteiger partial charge on any atom is 0.221 e. The number of nitrogens with two attached hydrogens (primary N) is 1. The first-order chi connectivity index (χ1) is 9.65. The second-order valence-electron chi connectivity index (χ2n) is 4.05. The zero-order chi connectivity index (χ0) is 14.8. The molecule has 0 fully saturated rings. The van der Waals surface area contributed by atoms with E-state index in [1.165, 1.54) is 0 Å². The van der Waals surface area contributed by atoms with Crippen LogP contribution in [-0.4, -0.2) is 49.8 Å². The van der Waals surface area contributed by atoms with Crippen LogP contribution >= 0.6 is 0 Å². The number of aromatic nitrogens is 2. The van der Waals surface area contributed by atoms with Gasteiger partial charge < -0.3 is 25.8 Å². The molecule has 112 valence electrons. The number of anilines is 2. The highest BCUT2D eigenvalue weighted by atomic mass is 16.5. The van der Waals surface area contributed by atoms with Gasteiger partial charge in [0.2, 0.25) is 5.91 Å². The predicted molar refractivity (Wildman–Crippen MR) is 75.1 cm³/mol. The number of amides is 1. The lowest BCUT2D eigenvalue weighted by atomic mass is 10.4. The fourth-order valence-electron chi connectivity index (χ4n) is 1.49. The van der Waals surface area contributed by atoms with Gasteiger partial charge in [0.1, 0.15) is 18.2 Å². The van der Waals surface area contributed by atoms with Gasteiger partial charge in [0.15, 0.2) is 5.82 Å². The van der Waals surface area contributed by atoms with Crippen molar-refractivity contribution in [1.29, 1.82) is 0 Å². The molecule has 8 nitrogen and oxygen atoms in total. The average molecular weight is 283 g/mol. The first kappa shape index (κ1) is 16.1. The summed E-state index contributed by atoms with van der Waals surface area (Å²) in [7, 11) is 3.15. The number of carbonyl (C=O) groups excluding carboxylic acids is 1. The van der Waals surface area contributed by atoms with Crippen LogP contribution in [0, 0.1) is 0 Å². The molecule has 1 aromatic rings. The summed E-state index contributed by atoms with van der Waals surface area (Å²) >= 11 is 0. The summed E-state index contributed by atoms with van der Waals surface area (Å²) in [5.41, 5.74) is 5.66. The molecule has 0 saturated heterocycles. The van der Waals surface area contributed by atoms with Crippen molar-refractivity contribution in [2.45, 2.75) is 13.0 Å². The SMILES string of the molecule is COCCNC(=O)CCNc1cc(N)nc(COC)n1. The number of rotatable bonds is 9. The predicted octanol–water partition coefficient (Wildman–Crippen LogP) is -0.230. The summed E-state index contributed by atoms with van der Waals surface area (Å²) in [4.78, 5) is 19.7. The van der Waals surface area contributed by atoms with Crippen LogP contribution in [-0.2, 0) is 20.9 Å². The Morgan fingerprint density at radius 3 is 2.80 bits per heavy atom. The fourth-order valence-corrected chi connectivity index (χ4v) is 1.49. The minimum Gasteiger partial charge on any atom is -0.384 e. The molecule has 0 radical (unpaired) electrons. The molecule has 0 aliphatic carbocycles. The third-order valence-electron chi connectivity index (χ3n) is 2.35. The van der Waals surface area contributed by atoms with E-state index in [0.29, 0.717) is 43.6 Å². The molecule has 0 saturated carbocycles. The Morgan fingerprint density at radius 1 is 1.30 bits per heavy atom. The van der Waals surface area contributed by atoms with Crippen molar-refractivity contribution in [3.05, 3.63) is 11.9 Å². The van der Waals surface area contributed by atoms with E-state index >= 15 is 0 Å². The van der Waals surface area contributed by atoms with Crippen molar-refractivity contribution in [3.63, 3.8) is 0 Å². The highest BCUT2D eigenvalue weighted by Crippen LogP contribution is 2.08. The summed E-state index contributed by atoms with van der Waals surface area (Å²) < 4.78 is 9.79. The number of methoxy groups -OCH3 is 2. The van der Waals surface area contributed by atoms with E-state index in [2.05, 4.69) is 20.6 Å². The quantitative estimate of drug-likeness (QED) is 0.537. The molecule has 1 heterocycles. The van der Waals surface area contributed by atoms with Crippen LogP contribution in [0.3, 0.4) is 0 Å². The van der Waals surface area contributed by atoms with Crippen LogP contribution in [0.4, 0.5) is 11.6 Å². The molecule has 0 aliphatic rings. The second-order valence-corrected chi connectivity index (χ2v) is 4.05. The third-order valence-corrected chi connectivity index (χ3v) is 2.35. The van der Waals surface area contributed by atoms with Crippen molar-refractivity contribution in [2.24, 2.45) is 0 Å². The van der Waals surface area contributed by atoms with Crippen LogP contribution in [0.25, 0.3) is 0 Å². The lowest BCUT2D eigenvalue weighted by Gasteiger charge is -2.08. The number of hydrogen-bond donors (Lipinski definition) is 3. The van der Waals surface area contributed by atoms with E-state index < -0.39 is 0 Å². The Balaban J connectivity index is 2.36. The summed E-state index contributed by atoms with van der Waals surface area (Å²) in [6.07, 6.45) is 0.341. The number of nitrogens with one attached hydrogen (secondary N) is 2. The van der Waals surface area contributed by atoms with Gasteiger partial charge in [-0.1, -0.05) is 0 Å². The average Bonchev–Trinajstić information content (AvgIpc) is 2.39. The molecular formula is C12H21N5O3. The molecule has 4 N–H and O–H groups in total. The Kier molecular flexibility index (Phi) is 7.30. The van der Waals surface area contributed by atoms with Crippen LogP contribution < -0.4 is 16.4 Å². The van der Waals surface area contributed by atoms with Gasteiger partial charge >= 0.3 is 0 Å². The first-order valence-electron chi connectivity index (χ1n) is 6.27. The van der Waals surface area contributed by atoms with E-state index in [9.17, 15) is 4.79 Å². The highest BCUT2D eigenvalue weighted by molar-refractivity contribution is 5.76. The molecule has 1 aromatic heterocycles. The molecule has 0 bridgehead atoms. The van der Waals surface area contributed by atoms with Crippen LogP contribution in [0.5, 0.6) is 0 Å². The summed E-state index contributed by atoms with van der Waals surface area (Å²) in [5.74, 6) is 1.39. The fraction of sp³-hybridized carbons (Fsp3) is 0.583. The molecule has 20 heavy (non-hydrogen) atoms. The van der Waals surface area contributed by atoms with Gasteiger partial charge in [-0.15, -0.1) is 0 Å². The van der Waals surface area contributed by atoms with E-state index in [1.54, 1.807) is 20.3 Å². The molecule has 0 atom stereocenters. The maximum atomic E-state index is 11.5. The van der Waals surface area contributed by atoms with Crippen molar-refractivity contribution >= 4 is 17.5 Å². The molecular weight excluding hydrogens is 262 g/mol. The van der Waals surface area contributed by atoms with Gasteiger partial charge in [-0.3, -0.25) is 4.79 Å². The molecule has 0 aromatic carbocycles. The highest BCUT2D eigenvalue weighted by Gasteiger charge is 2.04. The zero-order valence-electron chi connectivity index (χ0n) is 11.8. The molecule has 8 heteroatoms. The van der Waals surface area contributed by atoms with Gasteiger partial charge in [0, 0.05) is 39.8 Å². The number of carbonyl (C=O) groups is 1. The smallest absolute Gasteiger partial charge is 0.221 e. The second kappa shape index (κ2) is 9.05. The van der Waals surface area contributed by atoms with Crippen LogP contribution in [0.1, 0.15) is 12.2 Å². The van der Waals surface area contributed by atoms with Gasteiger partial charge in [0.05, 0.1) is 6.61 Å². The number of nitrogens with zero attached hydrogens (tertiary/aromatic N) is 2. The van der Waals surface area contributed by atoms with Crippen molar-refractivity contribution < 1.29 is 14.3 Å². The largest absolute Gasteiger partial charge is 0.384 e. The topological polar surface area (TPSA) is 111 Å². The molecule has 1 amide bonds. The summed E-state index contributed by atoms with van der Waals surface area (Å²) in [6.45, 7) is 1.76. The van der Waals surface area contributed by atoms with Gasteiger partial charge in [-0.05, 0) is 0 Å². The monoisotopic (exact) mass is 283 g/mol. The Bertz CT molecular complexity index is 428. The van der Waals surface area contributed by atoms with Crippen molar-refractivity contribution in [3.8, 4) is 0 Å². The van der Waals surface area contributed by atoms with Crippen LogP contribution in [0.15, 0.2) is 6.07 Å². The molecule has 1 rings (SSSR count). The van der Waals surface area contributed by atoms with Gasteiger partial charge in [0.25, 0.3) is 0 Å². The minimum absolute atomic E-state index is 0.0475. The summed E-state index contributed by atoms with van der Waals surface area (Å²) in [6, 6.07) is 1.61. The Labute approximate surface area is 118 Å². The van der Waals surface area contributed by atoms with E-state index in [0.717, 1.165) is 0 Å². The molecule has 0 spiro atoms. The standard InChI is InChI=1S/C12H21N5O3/c1-19-6-5-15-12(18)3-4-14-10-7-9(13)16-11(17-10)8-20-2/h7H,3-6,8H2,1-2H3,(H,15,18)(H3,13,14,16,17). The first-order valence-corrected chi connectivity index (χ1v) is 6.27. The number of ether oxygens (including phenoxy) is 2. The third kappa shape index (κ3) is 6.30. The maximum absolute atomic E-state index is 11.5. The Hall–Kier alpha value is -1.93. The van der Waals surface area contributed by atoms with E-state index in [1.807, 2.05) is 0 Å².